The normalized spacial score (nSPS) is 12.8. The minimum atomic E-state index is -0.162. The number of unbranched alkanes of at least 4 members (excludes halogenated alkanes) is 10. The molecular weight excluding hydrogens is 234 g/mol. The van der Waals surface area contributed by atoms with Gasteiger partial charge in [-0.25, -0.2) is 0 Å². The summed E-state index contributed by atoms with van der Waals surface area (Å²) in [6, 6.07) is 0. The first-order chi connectivity index (χ1) is 9.27. The van der Waals surface area contributed by atoms with Gasteiger partial charge in [0.05, 0.1) is 6.10 Å². The summed E-state index contributed by atoms with van der Waals surface area (Å²) in [6.45, 7) is 6.20. The number of hydrogen-bond donors (Lipinski definition) is 2. The lowest BCUT2D eigenvalue weighted by Gasteiger charge is -2.06. The van der Waals surface area contributed by atoms with Crippen LogP contribution in [-0.4, -0.2) is 24.3 Å². The monoisotopic (exact) mass is 271 g/mol. The molecule has 0 aromatic heterocycles. The molecule has 19 heavy (non-hydrogen) atoms. The van der Waals surface area contributed by atoms with Gasteiger partial charge in [-0.2, -0.15) is 0 Å². The Morgan fingerprint density at radius 3 is 1.68 bits per heavy atom. The van der Waals surface area contributed by atoms with E-state index >= 15 is 0 Å². The zero-order valence-electron chi connectivity index (χ0n) is 13.4. The van der Waals surface area contributed by atoms with E-state index in [0.717, 1.165) is 19.5 Å². The molecule has 2 nitrogen and oxygen atoms in total. The van der Waals surface area contributed by atoms with Gasteiger partial charge in [-0.1, -0.05) is 71.1 Å². The third kappa shape index (κ3) is 17.9. The van der Waals surface area contributed by atoms with Crippen LogP contribution >= 0.6 is 0 Å². The highest BCUT2D eigenvalue weighted by molar-refractivity contribution is 4.53. The summed E-state index contributed by atoms with van der Waals surface area (Å²) in [5, 5.41) is 12.5. The van der Waals surface area contributed by atoms with E-state index in [0.29, 0.717) is 0 Å². The summed E-state index contributed by atoms with van der Waals surface area (Å²) in [5.74, 6) is 0. The van der Waals surface area contributed by atoms with Crippen LogP contribution in [0.4, 0.5) is 0 Å². The van der Waals surface area contributed by atoms with Crippen LogP contribution in [0.25, 0.3) is 0 Å². The van der Waals surface area contributed by atoms with Gasteiger partial charge in [0, 0.05) is 0 Å². The predicted molar refractivity (Wildman–Crippen MR) is 85.6 cm³/mol. The zero-order chi connectivity index (χ0) is 14.2. The molecule has 1 unspecified atom stereocenters. The lowest BCUT2D eigenvalue weighted by molar-refractivity contribution is 0.184. The highest BCUT2D eigenvalue weighted by Crippen LogP contribution is 2.10. The Labute approximate surface area is 121 Å². The first-order valence-corrected chi connectivity index (χ1v) is 8.66. The van der Waals surface area contributed by atoms with Crippen molar-refractivity contribution in [3.05, 3.63) is 0 Å². The minimum Gasteiger partial charge on any atom is -0.393 e. The lowest BCUT2D eigenvalue weighted by Crippen LogP contribution is -2.20. The Morgan fingerprint density at radius 1 is 0.737 bits per heavy atom. The molecule has 0 fully saturated rings. The molecule has 0 aromatic carbocycles. The molecule has 0 aromatic rings. The predicted octanol–water partition coefficient (Wildman–Crippen LogP) is 4.66. The summed E-state index contributed by atoms with van der Waals surface area (Å²) >= 11 is 0. The van der Waals surface area contributed by atoms with Crippen molar-refractivity contribution in [1.82, 2.24) is 5.32 Å². The van der Waals surface area contributed by atoms with Crippen LogP contribution in [-0.2, 0) is 0 Å². The number of aliphatic hydroxyl groups is 1. The molecule has 2 heteroatoms. The molecule has 0 saturated heterocycles. The van der Waals surface area contributed by atoms with Crippen LogP contribution in [0.2, 0.25) is 0 Å². The van der Waals surface area contributed by atoms with Crippen molar-refractivity contribution in [2.24, 2.45) is 0 Å². The minimum absolute atomic E-state index is 0.162. The maximum atomic E-state index is 9.10. The molecule has 0 aliphatic carbocycles. The fraction of sp³-hybridized carbons (Fsp3) is 1.00. The van der Waals surface area contributed by atoms with Crippen LogP contribution < -0.4 is 5.32 Å². The van der Waals surface area contributed by atoms with Crippen molar-refractivity contribution in [2.75, 3.05) is 13.1 Å². The van der Waals surface area contributed by atoms with Crippen LogP contribution in [0.3, 0.4) is 0 Å². The summed E-state index contributed by atoms with van der Waals surface area (Å²) < 4.78 is 0. The van der Waals surface area contributed by atoms with Gasteiger partial charge in [0.2, 0.25) is 0 Å². The standard InChI is InChI=1S/C17H37NO/c1-3-4-5-6-7-8-9-10-11-12-13-15-18-16-14-17(2)19/h17-19H,3-16H2,1-2H3. The maximum Gasteiger partial charge on any atom is 0.0524 e. The van der Waals surface area contributed by atoms with Crippen molar-refractivity contribution >= 4 is 0 Å². The van der Waals surface area contributed by atoms with Gasteiger partial charge >= 0.3 is 0 Å². The summed E-state index contributed by atoms with van der Waals surface area (Å²) in [7, 11) is 0. The smallest absolute Gasteiger partial charge is 0.0524 e. The number of hydrogen-bond acceptors (Lipinski definition) is 2. The highest BCUT2D eigenvalue weighted by atomic mass is 16.3. The largest absolute Gasteiger partial charge is 0.393 e. The molecule has 2 N–H and O–H groups in total. The highest BCUT2D eigenvalue weighted by Gasteiger charge is 1.95. The fourth-order valence-electron chi connectivity index (χ4n) is 2.35. The molecule has 0 amide bonds. The van der Waals surface area contributed by atoms with Crippen molar-refractivity contribution < 1.29 is 5.11 Å². The van der Waals surface area contributed by atoms with Gasteiger partial charge in [0.25, 0.3) is 0 Å². The van der Waals surface area contributed by atoms with Crippen LogP contribution in [0, 0.1) is 0 Å². The Kier molecular flexibility index (Phi) is 15.9. The van der Waals surface area contributed by atoms with Crippen LogP contribution in [0.5, 0.6) is 0 Å². The first-order valence-electron chi connectivity index (χ1n) is 8.66. The average molecular weight is 271 g/mol. The Morgan fingerprint density at radius 2 is 1.21 bits per heavy atom. The first kappa shape index (κ1) is 18.9. The Hall–Kier alpha value is -0.0800. The van der Waals surface area contributed by atoms with E-state index in [2.05, 4.69) is 12.2 Å². The van der Waals surface area contributed by atoms with Gasteiger partial charge < -0.3 is 10.4 Å². The van der Waals surface area contributed by atoms with Gasteiger partial charge in [-0.15, -0.1) is 0 Å². The second-order valence-electron chi connectivity index (χ2n) is 5.92. The van der Waals surface area contributed by atoms with Crippen molar-refractivity contribution in [2.45, 2.75) is 97.0 Å². The van der Waals surface area contributed by atoms with Crippen LogP contribution in [0.1, 0.15) is 90.9 Å². The molecule has 0 heterocycles. The molecule has 0 saturated carbocycles. The van der Waals surface area contributed by atoms with Gasteiger partial charge in [-0.3, -0.25) is 0 Å². The second kappa shape index (κ2) is 16.0. The van der Waals surface area contributed by atoms with Gasteiger partial charge in [0.1, 0.15) is 0 Å². The quantitative estimate of drug-likeness (QED) is 0.425. The third-order valence-electron chi connectivity index (χ3n) is 3.70. The molecule has 0 aliphatic heterocycles. The average Bonchev–Trinajstić information content (AvgIpc) is 2.39. The van der Waals surface area contributed by atoms with Crippen molar-refractivity contribution in [3.8, 4) is 0 Å². The van der Waals surface area contributed by atoms with Crippen molar-refractivity contribution in [1.29, 1.82) is 0 Å². The number of aliphatic hydroxyl groups excluding tert-OH is 1. The summed E-state index contributed by atoms with van der Waals surface area (Å²) in [5.41, 5.74) is 0. The zero-order valence-corrected chi connectivity index (χ0v) is 13.4. The molecule has 0 rings (SSSR count). The maximum absolute atomic E-state index is 9.10. The molecule has 0 bridgehead atoms. The van der Waals surface area contributed by atoms with E-state index in [9.17, 15) is 0 Å². The SMILES string of the molecule is CCCCCCCCCCCCCNCCC(C)O. The lowest BCUT2D eigenvalue weighted by atomic mass is 10.1. The van der Waals surface area contributed by atoms with E-state index in [1.807, 2.05) is 6.92 Å². The topological polar surface area (TPSA) is 32.3 Å². The molecule has 0 radical (unpaired) electrons. The van der Waals surface area contributed by atoms with E-state index < -0.39 is 0 Å². The van der Waals surface area contributed by atoms with E-state index in [1.54, 1.807) is 0 Å². The summed E-state index contributed by atoms with van der Waals surface area (Å²) in [4.78, 5) is 0. The summed E-state index contributed by atoms with van der Waals surface area (Å²) in [6.07, 6.45) is 16.1. The Bertz CT molecular complexity index is 159. The molecule has 116 valence electrons. The Balaban J connectivity index is 2.91. The molecular formula is C17H37NO. The number of rotatable bonds is 15. The van der Waals surface area contributed by atoms with Gasteiger partial charge in [-0.05, 0) is 32.9 Å². The molecule has 0 spiro atoms. The molecule has 0 aliphatic rings. The molecule has 1 atom stereocenters. The fourth-order valence-corrected chi connectivity index (χ4v) is 2.35. The van der Waals surface area contributed by atoms with E-state index in [1.165, 1.54) is 70.6 Å². The van der Waals surface area contributed by atoms with Crippen LogP contribution in [0.15, 0.2) is 0 Å². The second-order valence-corrected chi connectivity index (χ2v) is 5.92. The number of nitrogens with one attached hydrogen (secondary N) is 1. The van der Waals surface area contributed by atoms with E-state index in [-0.39, 0.29) is 6.10 Å². The van der Waals surface area contributed by atoms with Crippen molar-refractivity contribution in [3.63, 3.8) is 0 Å². The third-order valence-corrected chi connectivity index (χ3v) is 3.70. The van der Waals surface area contributed by atoms with E-state index in [4.69, 9.17) is 5.11 Å². The van der Waals surface area contributed by atoms with Gasteiger partial charge in [0.15, 0.2) is 0 Å².